The van der Waals surface area contributed by atoms with Crippen molar-refractivity contribution >= 4 is 0 Å². The maximum absolute atomic E-state index is 10.2. The monoisotopic (exact) mass is 220 g/mol. The van der Waals surface area contributed by atoms with Crippen molar-refractivity contribution in [2.45, 2.75) is 52.6 Å². The van der Waals surface area contributed by atoms with Crippen molar-refractivity contribution < 1.29 is 5.11 Å². The number of fused-ring (bicyclic) bond motifs is 1. The second-order valence-corrected chi connectivity index (χ2v) is 6.10. The third kappa shape index (κ3) is 1.75. The van der Waals surface area contributed by atoms with Crippen LogP contribution in [0.5, 0.6) is 0 Å². The van der Waals surface area contributed by atoms with Gasteiger partial charge in [-0.1, -0.05) is 39.0 Å². The smallest absolute Gasteiger partial charge is 0.0637 e. The Morgan fingerprint density at radius 3 is 2.75 bits per heavy atom. The van der Waals surface area contributed by atoms with Crippen molar-refractivity contribution in [3.05, 3.63) is 23.8 Å². The van der Waals surface area contributed by atoms with Gasteiger partial charge in [0.05, 0.1) is 6.10 Å². The van der Waals surface area contributed by atoms with Gasteiger partial charge in [-0.2, -0.15) is 0 Å². The van der Waals surface area contributed by atoms with Crippen molar-refractivity contribution in [1.82, 2.24) is 0 Å². The van der Waals surface area contributed by atoms with Crippen LogP contribution in [-0.2, 0) is 0 Å². The second-order valence-electron chi connectivity index (χ2n) is 6.10. The lowest BCUT2D eigenvalue weighted by Gasteiger charge is -2.46. The van der Waals surface area contributed by atoms with E-state index < -0.39 is 0 Å². The molecule has 0 aromatic carbocycles. The van der Waals surface area contributed by atoms with Gasteiger partial charge < -0.3 is 5.11 Å². The van der Waals surface area contributed by atoms with E-state index in [9.17, 15) is 5.11 Å². The van der Waals surface area contributed by atoms with E-state index in [1.807, 2.05) is 0 Å². The predicted molar refractivity (Wildman–Crippen MR) is 68.1 cm³/mol. The summed E-state index contributed by atoms with van der Waals surface area (Å²) in [6, 6.07) is 0. The van der Waals surface area contributed by atoms with Crippen LogP contribution in [0, 0.1) is 17.3 Å². The van der Waals surface area contributed by atoms with Gasteiger partial charge in [0.25, 0.3) is 0 Å². The fraction of sp³-hybridized carbons (Fsp3) is 0.733. The molecule has 1 saturated carbocycles. The van der Waals surface area contributed by atoms with Gasteiger partial charge >= 0.3 is 0 Å². The molecule has 16 heavy (non-hydrogen) atoms. The van der Waals surface area contributed by atoms with Gasteiger partial charge in [-0.15, -0.1) is 0 Å². The largest absolute Gasteiger partial charge is 0.392 e. The normalized spacial score (nSPS) is 39.6. The third-order valence-corrected chi connectivity index (χ3v) is 4.69. The van der Waals surface area contributed by atoms with E-state index in [1.165, 1.54) is 17.6 Å². The van der Waals surface area contributed by atoms with Gasteiger partial charge in [0.1, 0.15) is 0 Å². The molecule has 90 valence electrons. The summed E-state index contributed by atoms with van der Waals surface area (Å²) < 4.78 is 0. The van der Waals surface area contributed by atoms with Crippen molar-refractivity contribution in [3.8, 4) is 0 Å². The van der Waals surface area contributed by atoms with Gasteiger partial charge in [-0.05, 0) is 43.1 Å². The third-order valence-electron chi connectivity index (χ3n) is 4.69. The molecule has 2 aliphatic carbocycles. The van der Waals surface area contributed by atoms with E-state index in [2.05, 4.69) is 33.4 Å². The Hall–Kier alpha value is -0.560. The molecule has 0 radical (unpaired) electrons. The van der Waals surface area contributed by atoms with Crippen molar-refractivity contribution in [2.24, 2.45) is 17.3 Å². The minimum Gasteiger partial charge on any atom is -0.392 e. The highest BCUT2D eigenvalue weighted by molar-refractivity contribution is 5.40. The maximum Gasteiger partial charge on any atom is 0.0637 e. The number of rotatable bonds is 1. The molecule has 1 heteroatoms. The first kappa shape index (κ1) is 11.9. The van der Waals surface area contributed by atoms with Crippen LogP contribution in [0.4, 0.5) is 0 Å². The Balaban J connectivity index is 2.35. The SMILES string of the molecule is C=C1CCC(O)C2(C)CCC(C(C)C)C=C12. The summed E-state index contributed by atoms with van der Waals surface area (Å²) in [7, 11) is 0. The number of aliphatic hydroxyl groups is 1. The maximum atomic E-state index is 10.2. The molecule has 0 heterocycles. The van der Waals surface area contributed by atoms with Gasteiger partial charge in [0, 0.05) is 5.41 Å². The molecule has 2 aliphatic rings. The molecule has 0 spiro atoms. The fourth-order valence-electron chi connectivity index (χ4n) is 3.25. The number of allylic oxidation sites excluding steroid dienone is 2. The first-order valence-corrected chi connectivity index (χ1v) is 6.53. The van der Waals surface area contributed by atoms with Crippen LogP contribution < -0.4 is 0 Å². The quantitative estimate of drug-likeness (QED) is 0.714. The Morgan fingerprint density at radius 2 is 2.12 bits per heavy atom. The molecule has 0 aliphatic heterocycles. The summed E-state index contributed by atoms with van der Waals surface area (Å²) in [5.74, 6) is 1.37. The van der Waals surface area contributed by atoms with E-state index in [0.29, 0.717) is 11.8 Å². The van der Waals surface area contributed by atoms with Crippen molar-refractivity contribution in [1.29, 1.82) is 0 Å². The summed E-state index contributed by atoms with van der Waals surface area (Å²) in [5, 5.41) is 10.2. The number of hydrogen-bond donors (Lipinski definition) is 1. The Labute approximate surface area is 99.3 Å². The van der Waals surface area contributed by atoms with E-state index in [0.717, 1.165) is 19.3 Å². The molecule has 0 aromatic heterocycles. The fourth-order valence-corrected chi connectivity index (χ4v) is 3.25. The summed E-state index contributed by atoms with van der Waals surface area (Å²) >= 11 is 0. The molecule has 1 nitrogen and oxygen atoms in total. The van der Waals surface area contributed by atoms with Gasteiger partial charge in [-0.25, -0.2) is 0 Å². The van der Waals surface area contributed by atoms with E-state index in [4.69, 9.17) is 0 Å². The highest BCUT2D eigenvalue weighted by Crippen LogP contribution is 2.51. The summed E-state index contributed by atoms with van der Waals surface area (Å²) in [4.78, 5) is 0. The Bertz CT molecular complexity index is 326. The van der Waals surface area contributed by atoms with Crippen LogP contribution in [0.1, 0.15) is 46.5 Å². The molecule has 3 atom stereocenters. The van der Waals surface area contributed by atoms with Crippen LogP contribution in [0.2, 0.25) is 0 Å². The second kappa shape index (κ2) is 4.03. The lowest BCUT2D eigenvalue weighted by Crippen LogP contribution is -2.41. The van der Waals surface area contributed by atoms with Gasteiger partial charge in [0.2, 0.25) is 0 Å². The van der Waals surface area contributed by atoms with Crippen LogP contribution >= 0.6 is 0 Å². The van der Waals surface area contributed by atoms with Crippen LogP contribution in [-0.4, -0.2) is 11.2 Å². The highest BCUT2D eigenvalue weighted by Gasteiger charge is 2.43. The van der Waals surface area contributed by atoms with Crippen LogP contribution in [0.15, 0.2) is 23.8 Å². The minimum atomic E-state index is -0.169. The minimum absolute atomic E-state index is 0.0132. The predicted octanol–water partition coefficient (Wildman–Crippen LogP) is 3.70. The molecule has 0 amide bonds. The lowest BCUT2D eigenvalue weighted by molar-refractivity contribution is 0.0307. The average Bonchev–Trinajstić information content (AvgIpc) is 2.24. The number of aliphatic hydroxyl groups excluding tert-OH is 1. The molecule has 2 rings (SSSR count). The van der Waals surface area contributed by atoms with E-state index >= 15 is 0 Å². The molecule has 1 N–H and O–H groups in total. The Kier molecular flexibility index (Phi) is 3.00. The summed E-state index contributed by atoms with van der Waals surface area (Å²) in [6.07, 6.45) is 6.41. The highest BCUT2D eigenvalue weighted by atomic mass is 16.3. The van der Waals surface area contributed by atoms with Gasteiger partial charge in [-0.3, -0.25) is 0 Å². The molecule has 3 unspecified atom stereocenters. The molecule has 1 fully saturated rings. The standard InChI is InChI=1S/C15H24O/c1-10(2)12-7-8-15(4)13(9-12)11(3)5-6-14(15)16/h9-10,12,14,16H,3,5-8H2,1-2,4H3. The molecule has 0 bridgehead atoms. The molecular weight excluding hydrogens is 196 g/mol. The summed E-state index contributed by atoms with van der Waals surface area (Å²) in [5.41, 5.74) is 2.61. The van der Waals surface area contributed by atoms with Crippen LogP contribution in [0.3, 0.4) is 0 Å². The van der Waals surface area contributed by atoms with E-state index in [-0.39, 0.29) is 11.5 Å². The zero-order chi connectivity index (χ0) is 11.9. The lowest BCUT2D eigenvalue weighted by atomic mass is 9.60. The molecule has 0 aromatic rings. The topological polar surface area (TPSA) is 20.2 Å². The van der Waals surface area contributed by atoms with Crippen molar-refractivity contribution in [3.63, 3.8) is 0 Å². The zero-order valence-corrected chi connectivity index (χ0v) is 10.8. The average molecular weight is 220 g/mol. The first-order valence-electron chi connectivity index (χ1n) is 6.53. The molecule has 0 saturated heterocycles. The Morgan fingerprint density at radius 1 is 1.44 bits per heavy atom. The van der Waals surface area contributed by atoms with Crippen molar-refractivity contribution in [2.75, 3.05) is 0 Å². The first-order chi connectivity index (χ1) is 7.45. The van der Waals surface area contributed by atoms with Crippen LogP contribution in [0.25, 0.3) is 0 Å². The zero-order valence-electron chi connectivity index (χ0n) is 10.8. The molecular formula is C15H24O. The van der Waals surface area contributed by atoms with Gasteiger partial charge in [0.15, 0.2) is 0 Å². The van der Waals surface area contributed by atoms with E-state index in [1.54, 1.807) is 0 Å². The summed E-state index contributed by atoms with van der Waals surface area (Å²) in [6.45, 7) is 11.0. The number of hydrogen-bond acceptors (Lipinski definition) is 1.